The van der Waals surface area contributed by atoms with E-state index < -0.39 is 6.23 Å². The van der Waals surface area contributed by atoms with Gasteiger partial charge in [-0.25, -0.2) is 9.97 Å². The number of nitrogens with zero attached hydrogens (tertiary/aromatic N) is 3. The molecular weight excluding hydrogens is 476 g/mol. The molecular formula is C26H30N6O3S. The van der Waals surface area contributed by atoms with Gasteiger partial charge < -0.3 is 30.7 Å². The van der Waals surface area contributed by atoms with Crippen molar-refractivity contribution in [3.05, 3.63) is 72.4 Å². The van der Waals surface area contributed by atoms with Gasteiger partial charge >= 0.3 is 0 Å². The lowest BCUT2D eigenvalue weighted by atomic mass is 10.2. The van der Waals surface area contributed by atoms with E-state index in [9.17, 15) is 9.90 Å². The highest BCUT2D eigenvalue weighted by molar-refractivity contribution is 7.99. The summed E-state index contributed by atoms with van der Waals surface area (Å²) in [5.41, 5.74) is 3.81. The average molecular weight is 507 g/mol. The quantitative estimate of drug-likeness (QED) is 0.197. The molecule has 1 amide bonds. The molecule has 1 atom stereocenters. The highest BCUT2D eigenvalue weighted by Gasteiger charge is 2.12. The molecule has 2 heterocycles. The van der Waals surface area contributed by atoms with Crippen LogP contribution in [-0.2, 0) is 9.53 Å². The molecule has 1 aliphatic rings. The summed E-state index contributed by atoms with van der Waals surface area (Å²) >= 11 is 1.54. The number of aliphatic hydroxyl groups excluding tert-OH is 1. The van der Waals surface area contributed by atoms with E-state index in [0.717, 1.165) is 53.2 Å². The summed E-state index contributed by atoms with van der Waals surface area (Å²) in [4.78, 5) is 23.7. The van der Waals surface area contributed by atoms with Crippen LogP contribution >= 0.6 is 11.8 Å². The normalized spacial score (nSPS) is 14.5. The van der Waals surface area contributed by atoms with Crippen LogP contribution in [0.25, 0.3) is 0 Å². The number of aryl methyl sites for hydroxylation is 1. The number of aliphatic hydroxyl groups is 1. The molecule has 1 saturated heterocycles. The molecule has 2 aromatic carbocycles. The molecule has 1 aliphatic heterocycles. The molecule has 188 valence electrons. The molecule has 0 radical (unpaired) electrons. The van der Waals surface area contributed by atoms with E-state index in [1.807, 2.05) is 49.5 Å². The molecule has 4 rings (SSSR count). The van der Waals surface area contributed by atoms with Crippen molar-refractivity contribution in [2.75, 3.05) is 48.9 Å². The third-order valence-corrected chi connectivity index (χ3v) is 6.60. The lowest BCUT2D eigenvalue weighted by molar-refractivity contribution is -0.116. The van der Waals surface area contributed by atoms with E-state index in [1.54, 1.807) is 0 Å². The first-order valence-corrected chi connectivity index (χ1v) is 12.5. The number of ether oxygens (including phenoxy) is 1. The van der Waals surface area contributed by atoms with Gasteiger partial charge in [0.2, 0.25) is 11.9 Å². The van der Waals surface area contributed by atoms with Crippen molar-refractivity contribution >= 4 is 40.7 Å². The second-order valence-electron chi connectivity index (χ2n) is 8.14. The summed E-state index contributed by atoms with van der Waals surface area (Å²) < 4.78 is 5.43. The summed E-state index contributed by atoms with van der Waals surface area (Å²) in [7, 11) is 1.53. The minimum absolute atomic E-state index is 0.276. The third-order valence-electron chi connectivity index (χ3n) is 5.48. The Kier molecular flexibility index (Phi) is 8.77. The van der Waals surface area contributed by atoms with Crippen LogP contribution in [0.4, 0.5) is 23.0 Å². The van der Waals surface area contributed by atoms with Crippen molar-refractivity contribution < 1.29 is 14.6 Å². The van der Waals surface area contributed by atoms with Crippen molar-refractivity contribution in [2.45, 2.75) is 23.1 Å². The lowest BCUT2D eigenvalue weighted by Crippen LogP contribution is -2.36. The molecule has 1 aromatic heterocycles. The van der Waals surface area contributed by atoms with Crippen molar-refractivity contribution in [1.82, 2.24) is 15.3 Å². The number of nitrogens with one attached hydrogen (secondary N) is 3. The standard InChI is InChI=1S/C26H30N6O3S/c1-18-17-28-26(30-20-3-7-21(8-4-20)32-13-15-35-16-14-32)31-25(18)36-22-9-5-19(6-10-22)29-24(34)12-11-23(33)27-2/h3-12,17,24,29,34H,13-16H2,1-2H3,(H,27,33)(H,28,30,31)/b12-11-. The molecule has 10 heteroatoms. The van der Waals surface area contributed by atoms with Gasteiger partial charge in [-0.1, -0.05) is 11.8 Å². The van der Waals surface area contributed by atoms with Crippen molar-refractivity contribution in [1.29, 1.82) is 0 Å². The van der Waals surface area contributed by atoms with Gasteiger partial charge in [0.05, 0.1) is 13.2 Å². The maximum absolute atomic E-state index is 11.3. The Morgan fingerprint density at radius 3 is 2.50 bits per heavy atom. The van der Waals surface area contributed by atoms with Crippen LogP contribution in [0.3, 0.4) is 0 Å². The summed E-state index contributed by atoms with van der Waals surface area (Å²) in [5, 5.41) is 19.5. The van der Waals surface area contributed by atoms with Crippen LogP contribution in [0.5, 0.6) is 0 Å². The predicted molar refractivity (Wildman–Crippen MR) is 143 cm³/mol. The van der Waals surface area contributed by atoms with Crippen molar-refractivity contribution in [3.8, 4) is 0 Å². The molecule has 3 aromatic rings. The molecule has 0 spiro atoms. The summed E-state index contributed by atoms with van der Waals surface area (Å²) in [5.74, 6) is 0.258. The first-order chi connectivity index (χ1) is 17.5. The van der Waals surface area contributed by atoms with Crippen LogP contribution in [0, 0.1) is 6.92 Å². The lowest BCUT2D eigenvalue weighted by Gasteiger charge is -2.28. The summed E-state index contributed by atoms with van der Waals surface area (Å²) in [6.07, 6.45) is 3.51. The number of anilines is 4. The summed E-state index contributed by atoms with van der Waals surface area (Å²) in [6, 6.07) is 15.9. The SMILES string of the molecule is CNC(=O)/C=C\C(O)Nc1ccc(Sc2nc(Nc3ccc(N4CCOCC4)cc3)ncc2C)cc1. The van der Waals surface area contributed by atoms with Crippen molar-refractivity contribution in [3.63, 3.8) is 0 Å². The Balaban J connectivity index is 1.36. The molecule has 9 nitrogen and oxygen atoms in total. The van der Waals surface area contributed by atoms with Crippen LogP contribution in [0.1, 0.15) is 5.56 Å². The Bertz CT molecular complexity index is 1180. The fourth-order valence-corrected chi connectivity index (χ4v) is 4.35. The monoisotopic (exact) mass is 506 g/mol. The first kappa shape index (κ1) is 25.5. The molecule has 1 unspecified atom stereocenters. The Hall–Kier alpha value is -3.60. The summed E-state index contributed by atoms with van der Waals surface area (Å²) in [6.45, 7) is 5.31. The zero-order valence-corrected chi connectivity index (χ0v) is 21.1. The molecule has 0 saturated carbocycles. The van der Waals surface area contributed by atoms with Gasteiger partial charge in [0, 0.05) is 59.9 Å². The van der Waals surface area contributed by atoms with Crippen LogP contribution < -0.4 is 20.9 Å². The van der Waals surface area contributed by atoms with Gasteiger partial charge in [0.25, 0.3) is 0 Å². The highest BCUT2D eigenvalue weighted by Crippen LogP contribution is 2.30. The van der Waals surface area contributed by atoms with Gasteiger partial charge in [-0.15, -0.1) is 0 Å². The zero-order chi connectivity index (χ0) is 25.3. The fraction of sp³-hybridized carbons (Fsp3) is 0.269. The minimum atomic E-state index is -0.971. The Morgan fingerprint density at radius 1 is 1.11 bits per heavy atom. The number of morpholine rings is 1. The average Bonchev–Trinajstić information content (AvgIpc) is 2.91. The van der Waals surface area contributed by atoms with Gasteiger partial charge in [0.1, 0.15) is 11.3 Å². The third kappa shape index (κ3) is 7.20. The molecule has 4 N–H and O–H groups in total. The van der Waals surface area contributed by atoms with E-state index >= 15 is 0 Å². The van der Waals surface area contributed by atoms with Gasteiger partial charge in [-0.05, 0) is 61.5 Å². The van der Waals surface area contributed by atoms with E-state index in [-0.39, 0.29) is 5.91 Å². The number of hydrogen-bond donors (Lipinski definition) is 4. The van der Waals surface area contributed by atoms with Gasteiger partial charge in [0.15, 0.2) is 0 Å². The molecule has 36 heavy (non-hydrogen) atoms. The topological polar surface area (TPSA) is 112 Å². The Labute approximate surface area is 215 Å². The number of carbonyl (C=O) groups is 1. The van der Waals surface area contributed by atoms with E-state index in [1.165, 1.54) is 36.6 Å². The van der Waals surface area contributed by atoms with E-state index in [4.69, 9.17) is 9.72 Å². The number of carbonyl (C=O) groups excluding carboxylic acids is 1. The van der Waals surface area contributed by atoms with Crippen LogP contribution in [-0.4, -0.2) is 60.6 Å². The van der Waals surface area contributed by atoms with Crippen LogP contribution in [0.15, 0.2) is 76.8 Å². The largest absolute Gasteiger partial charge is 0.378 e. The molecule has 0 bridgehead atoms. The predicted octanol–water partition coefficient (Wildman–Crippen LogP) is 3.55. The smallest absolute Gasteiger partial charge is 0.243 e. The van der Waals surface area contributed by atoms with Gasteiger partial charge in [-0.2, -0.15) is 0 Å². The number of aromatic nitrogens is 2. The second kappa shape index (κ2) is 12.4. The number of rotatable bonds is 9. The fourth-order valence-electron chi connectivity index (χ4n) is 3.51. The molecule has 1 fully saturated rings. The zero-order valence-electron chi connectivity index (χ0n) is 20.3. The molecule has 0 aliphatic carbocycles. The first-order valence-electron chi connectivity index (χ1n) is 11.7. The number of hydrogen-bond acceptors (Lipinski definition) is 9. The highest BCUT2D eigenvalue weighted by atomic mass is 32.2. The number of likely N-dealkylation sites (N-methyl/N-ethyl adjacent to an activating group) is 1. The van der Waals surface area contributed by atoms with E-state index in [0.29, 0.717) is 5.95 Å². The van der Waals surface area contributed by atoms with Crippen molar-refractivity contribution in [2.24, 2.45) is 0 Å². The second-order valence-corrected chi connectivity index (χ2v) is 9.20. The van der Waals surface area contributed by atoms with Gasteiger partial charge in [-0.3, -0.25) is 4.79 Å². The number of amides is 1. The van der Waals surface area contributed by atoms with E-state index in [2.05, 4.69) is 38.0 Å². The van der Waals surface area contributed by atoms with Crippen LogP contribution in [0.2, 0.25) is 0 Å². The minimum Gasteiger partial charge on any atom is -0.378 e. The maximum Gasteiger partial charge on any atom is 0.243 e. The maximum atomic E-state index is 11.3. The number of benzene rings is 2. The Morgan fingerprint density at radius 2 is 1.81 bits per heavy atom.